The Kier molecular flexibility index (Phi) is 4.72. The predicted molar refractivity (Wildman–Crippen MR) is 89.7 cm³/mol. The third-order valence-corrected chi connectivity index (χ3v) is 3.60. The van der Waals surface area contributed by atoms with Crippen LogP contribution in [0, 0.1) is 0 Å². The van der Waals surface area contributed by atoms with E-state index in [4.69, 9.17) is 16.3 Å². The largest absolute Gasteiger partial charge is 0.480 e. The van der Waals surface area contributed by atoms with Crippen LogP contribution in [0.4, 0.5) is 0 Å². The predicted octanol–water partition coefficient (Wildman–Crippen LogP) is 2.12. The van der Waals surface area contributed by atoms with Crippen LogP contribution in [0.25, 0.3) is 11.7 Å². The molecule has 3 aromatic rings. The van der Waals surface area contributed by atoms with E-state index >= 15 is 0 Å². The van der Waals surface area contributed by atoms with E-state index < -0.39 is 0 Å². The number of amides is 1. The number of aromatic nitrogens is 4. The first-order chi connectivity index (χ1) is 11.7. The molecular formula is C16H14ClN5O2. The minimum Gasteiger partial charge on any atom is -0.480 e. The number of nitrogens with zero attached hydrogens (tertiary/aromatic N) is 4. The summed E-state index contributed by atoms with van der Waals surface area (Å²) in [5.41, 5.74) is 1.35. The number of hydrogen-bond acceptors (Lipinski definition) is 5. The van der Waals surface area contributed by atoms with Crippen LogP contribution in [0.1, 0.15) is 11.4 Å². The smallest absolute Gasteiger partial charge is 0.244 e. The van der Waals surface area contributed by atoms with Gasteiger partial charge in [0.25, 0.3) is 0 Å². The molecule has 0 aliphatic rings. The van der Waals surface area contributed by atoms with Crippen molar-refractivity contribution in [3.8, 4) is 5.88 Å². The standard InChI is InChI=1S/C16H14ClN5O2/c1-24-16-9-7-13-19-20-14(22(13)21-16)10-18-15(23)8-6-11-4-2-3-5-12(11)17/h2-9H,10H2,1H3,(H,18,23). The van der Waals surface area contributed by atoms with Gasteiger partial charge >= 0.3 is 0 Å². The van der Waals surface area contributed by atoms with Crippen molar-refractivity contribution < 1.29 is 9.53 Å². The molecule has 0 unspecified atom stereocenters. The van der Waals surface area contributed by atoms with Gasteiger partial charge < -0.3 is 10.1 Å². The van der Waals surface area contributed by atoms with Crippen molar-refractivity contribution in [2.24, 2.45) is 0 Å². The Morgan fingerprint density at radius 3 is 2.92 bits per heavy atom. The maximum Gasteiger partial charge on any atom is 0.244 e. The molecule has 2 heterocycles. The first-order valence-electron chi connectivity index (χ1n) is 7.13. The molecule has 0 saturated heterocycles. The van der Waals surface area contributed by atoms with Gasteiger partial charge in [-0.15, -0.1) is 15.3 Å². The molecule has 0 saturated carbocycles. The number of benzene rings is 1. The lowest BCUT2D eigenvalue weighted by Gasteiger charge is -2.02. The fraction of sp³-hybridized carbons (Fsp3) is 0.125. The van der Waals surface area contributed by atoms with Crippen LogP contribution in [0.3, 0.4) is 0 Å². The molecule has 0 aliphatic carbocycles. The SMILES string of the molecule is COc1ccc2nnc(CNC(=O)C=Cc3ccccc3Cl)n2n1. The molecule has 7 nitrogen and oxygen atoms in total. The van der Waals surface area contributed by atoms with Gasteiger partial charge in [-0.2, -0.15) is 4.52 Å². The molecule has 24 heavy (non-hydrogen) atoms. The number of halogens is 1. The van der Waals surface area contributed by atoms with Crippen molar-refractivity contribution in [2.45, 2.75) is 6.54 Å². The van der Waals surface area contributed by atoms with E-state index in [0.717, 1.165) is 5.56 Å². The molecule has 0 aliphatic heterocycles. The molecular weight excluding hydrogens is 330 g/mol. The topological polar surface area (TPSA) is 81.4 Å². The summed E-state index contributed by atoms with van der Waals surface area (Å²) in [6, 6.07) is 10.7. The molecule has 3 rings (SSSR count). The number of rotatable bonds is 5. The highest BCUT2D eigenvalue weighted by atomic mass is 35.5. The number of methoxy groups -OCH3 is 1. The summed E-state index contributed by atoms with van der Waals surface area (Å²) < 4.78 is 6.60. The average Bonchev–Trinajstić information content (AvgIpc) is 3.01. The number of carbonyl (C=O) groups is 1. The normalized spacial score (nSPS) is 11.1. The lowest BCUT2D eigenvalue weighted by molar-refractivity contribution is -0.116. The van der Waals surface area contributed by atoms with Gasteiger partial charge in [0.2, 0.25) is 11.8 Å². The van der Waals surface area contributed by atoms with Crippen molar-refractivity contribution in [1.29, 1.82) is 0 Å². The molecule has 0 radical (unpaired) electrons. The van der Waals surface area contributed by atoms with Crippen molar-refractivity contribution in [3.05, 3.63) is 58.9 Å². The van der Waals surface area contributed by atoms with Gasteiger partial charge in [0.05, 0.1) is 13.7 Å². The molecule has 0 spiro atoms. The number of fused-ring (bicyclic) bond motifs is 1. The Bertz CT molecular complexity index is 906. The van der Waals surface area contributed by atoms with Gasteiger partial charge in [0, 0.05) is 17.2 Å². The molecule has 1 amide bonds. The van der Waals surface area contributed by atoms with Crippen LogP contribution >= 0.6 is 11.6 Å². The van der Waals surface area contributed by atoms with Crippen LogP contribution < -0.4 is 10.1 Å². The maximum atomic E-state index is 11.9. The first-order valence-corrected chi connectivity index (χ1v) is 7.51. The summed E-state index contributed by atoms with van der Waals surface area (Å²) in [5.74, 6) is 0.673. The molecule has 8 heteroatoms. The van der Waals surface area contributed by atoms with E-state index in [9.17, 15) is 4.79 Å². The first kappa shape index (κ1) is 15.9. The van der Waals surface area contributed by atoms with Crippen molar-refractivity contribution >= 4 is 29.2 Å². The lowest BCUT2D eigenvalue weighted by atomic mass is 10.2. The van der Waals surface area contributed by atoms with Crippen LogP contribution in [-0.2, 0) is 11.3 Å². The van der Waals surface area contributed by atoms with E-state index in [2.05, 4.69) is 20.6 Å². The maximum absolute atomic E-state index is 11.9. The molecule has 0 bridgehead atoms. The van der Waals surface area contributed by atoms with Crippen LogP contribution in [0.5, 0.6) is 5.88 Å². The highest BCUT2D eigenvalue weighted by Crippen LogP contribution is 2.16. The van der Waals surface area contributed by atoms with Gasteiger partial charge in [-0.05, 0) is 23.8 Å². The zero-order valence-electron chi connectivity index (χ0n) is 12.8. The highest BCUT2D eigenvalue weighted by molar-refractivity contribution is 6.32. The Morgan fingerprint density at radius 1 is 1.29 bits per heavy atom. The number of hydrogen-bond donors (Lipinski definition) is 1. The summed E-state index contributed by atoms with van der Waals surface area (Å²) in [6.45, 7) is 0.188. The molecule has 0 fully saturated rings. The highest BCUT2D eigenvalue weighted by Gasteiger charge is 2.08. The Hall–Kier alpha value is -2.93. The van der Waals surface area contributed by atoms with Gasteiger partial charge in [-0.3, -0.25) is 4.79 Å². The number of ether oxygens (including phenoxy) is 1. The monoisotopic (exact) mass is 343 g/mol. The summed E-state index contributed by atoms with van der Waals surface area (Å²) in [7, 11) is 1.53. The Morgan fingerprint density at radius 2 is 2.12 bits per heavy atom. The average molecular weight is 344 g/mol. The van der Waals surface area contributed by atoms with E-state index in [0.29, 0.717) is 22.4 Å². The summed E-state index contributed by atoms with van der Waals surface area (Å²) in [4.78, 5) is 11.9. The zero-order chi connectivity index (χ0) is 16.9. The second kappa shape index (κ2) is 7.10. The van der Waals surface area contributed by atoms with Gasteiger partial charge in [-0.1, -0.05) is 29.8 Å². The van der Waals surface area contributed by atoms with E-state index in [1.165, 1.54) is 17.7 Å². The van der Waals surface area contributed by atoms with E-state index in [1.54, 1.807) is 24.3 Å². The Balaban J connectivity index is 1.67. The Labute approximate surface area is 142 Å². The van der Waals surface area contributed by atoms with Crippen LogP contribution in [-0.4, -0.2) is 32.8 Å². The van der Waals surface area contributed by atoms with Crippen molar-refractivity contribution in [3.63, 3.8) is 0 Å². The molecule has 1 N–H and O–H groups in total. The minimum atomic E-state index is -0.269. The molecule has 2 aromatic heterocycles. The van der Waals surface area contributed by atoms with Crippen molar-refractivity contribution in [2.75, 3.05) is 7.11 Å². The number of carbonyl (C=O) groups excluding carboxylic acids is 1. The molecule has 0 atom stereocenters. The third-order valence-electron chi connectivity index (χ3n) is 3.25. The molecule has 1 aromatic carbocycles. The van der Waals surface area contributed by atoms with E-state index in [-0.39, 0.29) is 12.5 Å². The zero-order valence-corrected chi connectivity index (χ0v) is 13.6. The van der Waals surface area contributed by atoms with Crippen LogP contribution in [0.2, 0.25) is 5.02 Å². The minimum absolute atomic E-state index is 0.188. The van der Waals surface area contributed by atoms with Crippen molar-refractivity contribution in [1.82, 2.24) is 25.1 Å². The van der Waals surface area contributed by atoms with Gasteiger partial charge in [0.15, 0.2) is 11.5 Å². The summed E-state index contributed by atoms with van der Waals surface area (Å²) in [5, 5.41) is 15.5. The van der Waals surface area contributed by atoms with E-state index in [1.807, 2.05) is 18.2 Å². The van der Waals surface area contributed by atoms with Gasteiger partial charge in [0.1, 0.15) is 0 Å². The summed E-state index contributed by atoms with van der Waals surface area (Å²) >= 11 is 6.04. The fourth-order valence-corrected chi connectivity index (χ4v) is 2.24. The van der Waals surface area contributed by atoms with Gasteiger partial charge in [-0.25, -0.2) is 0 Å². The quantitative estimate of drug-likeness (QED) is 0.718. The molecule has 122 valence electrons. The number of nitrogens with one attached hydrogen (secondary N) is 1. The second-order valence-corrected chi connectivity index (χ2v) is 5.24. The second-order valence-electron chi connectivity index (χ2n) is 4.83. The lowest BCUT2D eigenvalue weighted by Crippen LogP contribution is -2.22. The summed E-state index contributed by atoms with van der Waals surface area (Å²) in [6.07, 6.45) is 3.07. The third kappa shape index (κ3) is 3.52. The fourth-order valence-electron chi connectivity index (χ4n) is 2.04. The van der Waals surface area contributed by atoms with Crippen LogP contribution in [0.15, 0.2) is 42.5 Å².